The van der Waals surface area contributed by atoms with Gasteiger partial charge in [-0.05, 0) is 6.42 Å². The molecule has 0 radical (unpaired) electrons. The molecular weight excluding hydrogens is 318 g/mol. The highest BCUT2D eigenvalue weighted by Gasteiger charge is 2.25. The summed E-state index contributed by atoms with van der Waals surface area (Å²) in [5.74, 6) is 0.358. The van der Waals surface area contributed by atoms with E-state index in [1.807, 2.05) is 32.3 Å². The highest BCUT2D eigenvalue weighted by atomic mass is 35.5. The zero-order valence-corrected chi connectivity index (χ0v) is 16.7. The molecule has 0 aliphatic rings. The number of amides is 1. The minimum Gasteiger partial charge on any atom is -1.00 e. The van der Waals surface area contributed by atoms with Crippen LogP contribution in [0.25, 0.3) is 0 Å². The number of carbonyl (C=O) groups excluding carboxylic acids is 1. The van der Waals surface area contributed by atoms with Crippen molar-refractivity contribution in [2.45, 2.75) is 77.7 Å². The van der Waals surface area contributed by atoms with Crippen LogP contribution in [0.3, 0.4) is 0 Å². The molecule has 0 fully saturated rings. The van der Waals surface area contributed by atoms with Crippen molar-refractivity contribution in [3.05, 3.63) is 35.9 Å². The number of hydrogen-bond donors (Lipinski definition) is 0. The van der Waals surface area contributed by atoms with Crippen molar-refractivity contribution in [2.75, 3.05) is 14.1 Å². The normalized spacial score (nSPS) is 11.1. The summed E-state index contributed by atoms with van der Waals surface area (Å²) in [6, 6.07) is 10.3. The average Bonchev–Trinajstić information content (AvgIpc) is 2.53. The van der Waals surface area contributed by atoms with Crippen molar-refractivity contribution in [3.8, 4) is 0 Å². The molecule has 0 aliphatic carbocycles. The van der Waals surface area contributed by atoms with Gasteiger partial charge in [0, 0.05) is 5.56 Å². The lowest BCUT2D eigenvalue weighted by molar-refractivity contribution is -0.828. The number of hydrogen-bond acceptors (Lipinski definition) is 1. The Kier molecular flexibility index (Phi) is 13.0. The molecule has 0 saturated heterocycles. The van der Waals surface area contributed by atoms with E-state index in [1.165, 1.54) is 56.9 Å². The maximum atomic E-state index is 12.4. The van der Waals surface area contributed by atoms with Gasteiger partial charge in [-0.1, -0.05) is 88.6 Å². The van der Waals surface area contributed by atoms with Gasteiger partial charge in [0.15, 0.2) is 0 Å². The molecular formula is C21H36ClNO. The SMILES string of the molecule is CCCCCCCCCCCC(=O)[N+](C)(C)Cc1ccccc1.[Cl-]. The monoisotopic (exact) mass is 353 g/mol. The second kappa shape index (κ2) is 13.4. The van der Waals surface area contributed by atoms with Gasteiger partial charge in [0.05, 0.1) is 20.5 Å². The Morgan fingerprint density at radius 1 is 0.833 bits per heavy atom. The van der Waals surface area contributed by atoms with Crippen molar-refractivity contribution in [1.29, 1.82) is 0 Å². The molecule has 1 amide bonds. The lowest BCUT2D eigenvalue weighted by Gasteiger charge is -2.27. The van der Waals surface area contributed by atoms with E-state index in [0.29, 0.717) is 10.4 Å². The molecule has 0 aliphatic heterocycles. The van der Waals surface area contributed by atoms with Crippen LogP contribution in [0.1, 0.15) is 76.7 Å². The van der Waals surface area contributed by atoms with Gasteiger partial charge in [-0.2, -0.15) is 0 Å². The zero-order valence-electron chi connectivity index (χ0n) is 15.9. The van der Waals surface area contributed by atoms with Gasteiger partial charge < -0.3 is 12.4 Å². The Balaban J connectivity index is 0.00000529. The third-order valence-electron chi connectivity index (χ3n) is 4.59. The van der Waals surface area contributed by atoms with E-state index in [0.717, 1.165) is 19.4 Å². The largest absolute Gasteiger partial charge is 1.00 e. The molecule has 0 heterocycles. The molecule has 138 valence electrons. The topological polar surface area (TPSA) is 17.1 Å². The Hall–Kier alpha value is -0.860. The van der Waals surface area contributed by atoms with Crippen LogP contribution in [-0.4, -0.2) is 24.5 Å². The Labute approximate surface area is 155 Å². The minimum atomic E-state index is 0. The van der Waals surface area contributed by atoms with Crippen molar-refractivity contribution in [3.63, 3.8) is 0 Å². The smallest absolute Gasteiger partial charge is 0.313 e. The third kappa shape index (κ3) is 10.1. The van der Waals surface area contributed by atoms with E-state index in [4.69, 9.17) is 0 Å². The fourth-order valence-corrected chi connectivity index (χ4v) is 3.02. The van der Waals surface area contributed by atoms with E-state index in [1.54, 1.807) is 0 Å². The first-order valence-electron chi connectivity index (χ1n) is 9.46. The lowest BCUT2D eigenvalue weighted by Crippen LogP contribution is -3.00. The summed E-state index contributed by atoms with van der Waals surface area (Å²) in [5.41, 5.74) is 1.23. The molecule has 2 nitrogen and oxygen atoms in total. The number of carbonyl (C=O) groups is 1. The standard InChI is InChI=1S/C21H36NO.ClH/c1-4-5-6-7-8-9-10-11-15-18-21(23)22(2,3)19-20-16-13-12-14-17-20;/h12-14,16-17H,4-11,15,18-19H2,1-3H3;1H/q+1;/p-1. The summed E-state index contributed by atoms with van der Waals surface area (Å²) in [5, 5.41) is 0. The van der Waals surface area contributed by atoms with Crippen LogP contribution in [0.15, 0.2) is 30.3 Å². The number of rotatable bonds is 12. The van der Waals surface area contributed by atoms with Crippen molar-refractivity contribution >= 4 is 5.91 Å². The molecule has 3 heteroatoms. The molecule has 0 aromatic heterocycles. The molecule has 0 unspecified atom stereocenters. The maximum Gasteiger partial charge on any atom is 0.313 e. The summed E-state index contributed by atoms with van der Waals surface area (Å²) in [6.45, 7) is 3.05. The van der Waals surface area contributed by atoms with E-state index in [2.05, 4.69) is 19.1 Å². The van der Waals surface area contributed by atoms with Crippen molar-refractivity contribution in [1.82, 2.24) is 0 Å². The van der Waals surface area contributed by atoms with Crippen LogP contribution >= 0.6 is 0 Å². The summed E-state index contributed by atoms with van der Waals surface area (Å²) in [7, 11) is 4.06. The first-order chi connectivity index (χ1) is 11.1. The van der Waals surface area contributed by atoms with E-state index in [9.17, 15) is 4.79 Å². The van der Waals surface area contributed by atoms with Gasteiger partial charge >= 0.3 is 5.91 Å². The van der Waals surface area contributed by atoms with E-state index in [-0.39, 0.29) is 12.4 Å². The van der Waals surface area contributed by atoms with E-state index >= 15 is 0 Å². The molecule has 0 N–H and O–H groups in total. The first kappa shape index (κ1) is 23.1. The Bertz CT molecular complexity index is 431. The van der Waals surface area contributed by atoms with Crippen LogP contribution in [0.4, 0.5) is 0 Å². The lowest BCUT2D eigenvalue weighted by atomic mass is 10.1. The molecule has 0 atom stereocenters. The third-order valence-corrected chi connectivity index (χ3v) is 4.59. The fraction of sp³-hybridized carbons (Fsp3) is 0.667. The molecule has 0 saturated carbocycles. The highest BCUT2D eigenvalue weighted by molar-refractivity contribution is 5.68. The summed E-state index contributed by atoms with van der Waals surface area (Å²) in [4.78, 5) is 12.4. The minimum absolute atomic E-state index is 0. The molecule has 1 aromatic carbocycles. The van der Waals surface area contributed by atoms with Crippen molar-refractivity contribution in [2.24, 2.45) is 0 Å². The molecule has 1 rings (SSSR count). The number of halogens is 1. The van der Waals surface area contributed by atoms with Crippen LogP contribution < -0.4 is 12.4 Å². The van der Waals surface area contributed by atoms with Gasteiger partial charge in [0.25, 0.3) is 0 Å². The fourth-order valence-electron chi connectivity index (χ4n) is 3.02. The highest BCUT2D eigenvalue weighted by Crippen LogP contribution is 2.15. The first-order valence-corrected chi connectivity index (χ1v) is 9.46. The Morgan fingerprint density at radius 3 is 1.88 bits per heavy atom. The summed E-state index contributed by atoms with van der Waals surface area (Å²) >= 11 is 0. The summed E-state index contributed by atoms with van der Waals surface area (Å²) < 4.78 is 0.459. The van der Waals surface area contributed by atoms with Crippen LogP contribution in [-0.2, 0) is 11.3 Å². The predicted octanol–water partition coefficient (Wildman–Crippen LogP) is 2.71. The van der Waals surface area contributed by atoms with Crippen LogP contribution in [0, 0.1) is 0 Å². The Morgan fingerprint density at radius 2 is 1.33 bits per heavy atom. The molecule has 0 bridgehead atoms. The van der Waals surface area contributed by atoms with Gasteiger partial charge in [0.1, 0.15) is 6.54 Å². The average molecular weight is 354 g/mol. The summed E-state index contributed by atoms with van der Waals surface area (Å²) in [6.07, 6.45) is 12.4. The van der Waals surface area contributed by atoms with Crippen LogP contribution in [0.5, 0.6) is 0 Å². The van der Waals surface area contributed by atoms with Gasteiger partial charge in [-0.3, -0.25) is 4.48 Å². The molecule has 0 spiro atoms. The van der Waals surface area contributed by atoms with Crippen molar-refractivity contribution < 1.29 is 21.7 Å². The molecule has 1 aromatic rings. The zero-order chi connectivity index (χ0) is 17.0. The number of nitrogens with zero attached hydrogens (tertiary/aromatic N) is 1. The van der Waals surface area contributed by atoms with Gasteiger partial charge in [-0.15, -0.1) is 0 Å². The quantitative estimate of drug-likeness (QED) is 0.417. The van der Waals surface area contributed by atoms with Gasteiger partial charge in [-0.25, -0.2) is 4.79 Å². The molecule has 24 heavy (non-hydrogen) atoms. The number of benzene rings is 1. The second-order valence-electron chi connectivity index (χ2n) is 7.30. The van der Waals surface area contributed by atoms with Crippen LogP contribution in [0.2, 0.25) is 0 Å². The maximum absolute atomic E-state index is 12.4. The second-order valence-corrected chi connectivity index (χ2v) is 7.30. The van der Waals surface area contributed by atoms with E-state index < -0.39 is 0 Å². The number of unbranched alkanes of at least 4 members (excludes halogenated alkanes) is 8. The predicted molar refractivity (Wildman–Crippen MR) is 99.1 cm³/mol. The van der Waals surface area contributed by atoms with Gasteiger partial charge in [0.2, 0.25) is 0 Å². The number of quaternary nitrogens is 1.